The molecule has 0 unspecified atom stereocenters. The summed E-state index contributed by atoms with van der Waals surface area (Å²) in [6.07, 6.45) is 4.52. The highest BCUT2D eigenvalue weighted by molar-refractivity contribution is 5.57. The van der Waals surface area contributed by atoms with Crippen LogP contribution in [-0.4, -0.2) is 35.4 Å². The molecule has 1 aromatic carbocycles. The molecule has 0 amide bonds. The smallest absolute Gasteiger partial charge is 0.231 e. The lowest BCUT2D eigenvalue weighted by Gasteiger charge is -2.20. The average Bonchev–Trinajstić information content (AvgIpc) is 3.31. The van der Waals surface area contributed by atoms with Crippen LogP contribution in [0.4, 0.5) is 0 Å². The predicted octanol–water partition coefficient (Wildman–Crippen LogP) is 3.78. The molecule has 140 valence electrons. The number of aromatic nitrogens is 2. The van der Waals surface area contributed by atoms with Gasteiger partial charge in [-0.1, -0.05) is 18.1 Å². The second-order valence-electron chi connectivity index (χ2n) is 7.11. The molecular formula is C21H23N3O3. The quantitative estimate of drug-likeness (QED) is 0.635. The first kappa shape index (κ1) is 17.5. The van der Waals surface area contributed by atoms with E-state index in [0.29, 0.717) is 12.7 Å². The molecule has 0 N–H and O–H groups in total. The first-order chi connectivity index (χ1) is 13.2. The summed E-state index contributed by atoms with van der Waals surface area (Å²) in [5.41, 5.74) is 3.05. The monoisotopic (exact) mass is 365 g/mol. The first-order valence-corrected chi connectivity index (χ1v) is 9.10. The summed E-state index contributed by atoms with van der Waals surface area (Å²) in [6.45, 7) is 4.24. The molecule has 2 aromatic heterocycles. The van der Waals surface area contributed by atoms with Crippen LogP contribution in [0.1, 0.15) is 18.2 Å². The van der Waals surface area contributed by atoms with E-state index in [1.165, 1.54) is 5.56 Å². The summed E-state index contributed by atoms with van der Waals surface area (Å²) in [5, 5.41) is 4.15. The average molecular weight is 365 g/mol. The molecule has 0 spiro atoms. The lowest BCUT2D eigenvalue weighted by molar-refractivity contribution is 0.174. The third-order valence-corrected chi connectivity index (χ3v) is 4.59. The molecule has 0 saturated heterocycles. The minimum atomic E-state index is 0.315. The van der Waals surface area contributed by atoms with Gasteiger partial charge in [-0.05, 0) is 49.2 Å². The lowest BCUT2D eigenvalue weighted by atomic mass is 10.0. The molecule has 3 aromatic rings. The predicted molar refractivity (Wildman–Crippen MR) is 102 cm³/mol. The van der Waals surface area contributed by atoms with Gasteiger partial charge in [-0.25, -0.2) is 0 Å². The second kappa shape index (κ2) is 7.80. The topological polar surface area (TPSA) is 60.6 Å². The van der Waals surface area contributed by atoms with Gasteiger partial charge >= 0.3 is 0 Å². The number of hydrogen-bond acceptors (Lipinski definition) is 6. The van der Waals surface area contributed by atoms with Gasteiger partial charge in [0.15, 0.2) is 17.3 Å². The van der Waals surface area contributed by atoms with Crippen LogP contribution >= 0.6 is 0 Å². The van der Waals surface area contributed by atoms with E-state index in [2.05, 4.69) is 41.1 Å². The van der Waals surface area contributed by atoms with Gasteiger partial charge in [0.05, 0.1) is 6.54 Å². The third kappa shape index (κ3) is 4.28. The van der Waals surface area contributed by atoms with Crippen LogP contribution in [0, 0.1) is 5.92 Å². The number of fused-ring (bicyclic) bond motifs is 1. The SMILES string of the molecule is C[C@@H](Cc1ccc2c(c1)OCO2)CN(C)Cc1cc(-c2cccnc2)no1. The van der Waals surface area contributed by atoms with Gasteiger partial charge in [-0.2, -0.15) is 0 Å². The summed E-state index contributed by atoms with van der Waals surface area (Å²) in [6, 6.07) is 12.0. The van der Waals surface area contributed by atoms with Crippen molar-refractivity contribution in [2.45, 2.75) is 19.9 Å². The van der Waals surface area contributed by atoms with Gasteiger partial charge in [0, 0.05) is 30.6 Å². The summed E-state index contributed by atoms with van der Waals surface area (Å²) < 4.78 is 16.3. The van der Waals surface area contributed by atoms with Gasteiger partial charge in [0.1, 0.15) is 5.69 Å². The molecule has 0 bridgehead atoms. The molecule has 4 rings (SSSR count). The van der Waals surface area contributed by atoms with Gasteiger partial charge in [-0.3, -0.25) is 9.88 Å². The molecule has 1 aliphatic rings. The van der Waals surface area contributed by atoms with E-state index >= 15 is 0 Å². The molecule has 3 heterocycles. The summed E-state index contributed by atoms with van der Waals surface area (Å²) >= 11 is 0. The van der Waals surface area contributed by atoms with Crippen molar-refractivity contribution >= 4 is 0 Å². The Balaban J connectivity index is 1.31. The maximum Gasteiger partial charge on any atom is 0.231 e. The molecule has 0 aliphatic carbocycles. The number of benzene rings is 1. The number of nitrogens with zero attached hydrogens (tertiary/aromatic N) is 3. The highest BCUT2D eigenvalue weighted by atomic mass is 16.7. The maximum absolute atomic E-state index is 5.49. The molecule has 6 nitrogen and oxygen atoms in total. The van der Waals surface area contributed by atoms with Crippen LogP contribution in [0.15, 0.2) is 53.3 Å². The van der Waals surface area contributed by atoms with Gasteiger partial charge < -0.3 is 14.0 Å². The lowest BCUT2D eigenvalue weighted by Crippen LogP contribution is -2.24. The Hall–Kier alpha value is -2.86. The van der Waals surface area contributed by atoms with E-state index in [-0.39, 0.29) is 0 Å². The highest BCUT2D eigenvalue weighted by Gasteiger charge is 2.16. The molecular weight excluding hydrogens is 342 g/mol. The van der Waals surface area contributed by atoms with E-state index in [9.17, 15) is 0 Å². The Morgan fingerprint density at radius 1 is 1.15 bits per heavy atom. The Labute approximate surface area is 158 Å². The minimum Gasteiger partial charge on any atom is -0.454 e. The van der Waals surface area contributed by atoms with Crippen molar-refractivity contribution in [2.75, 3.05) is 20.4 Å². The van der Waals surface area contributed by atoms with Crippen molar-refractivity contribution in [3.8, 4) is 22.8 Å². The standard InChI is InChI=1S/C21H23N3O3/c1-15(8-16-5-6-20-21(9-16)26-14-25-20)12-24(2)13-18-10-19(23-27-18)17-4-3-7-22-11-17/h3-7,9-11,15H,8,12-14H2,1-2H3/t15-/m0/s1. The number of rotatable bonds is 7. The number of ether oxygens (including phenoxy) is 2. The Morgan fingerprint density at radius 3 is 2.89 bits per heavy atom. The Kier molecular flexibility index (Phi) is 5.07. The van der Waals surface area contributed by atoms with Crippen LogP contribution in [-0.2, 0) is 13.0 Å². The molecule has 0 saturated carbocycles. The van der Waals surface area contributed by atoms with Gasteiger partial charge in [0.25, 0.3) is 0 Å². The summed E-state index contributed by atoms with van der Waals surface area (Å²) in [4.78, 5) is 6.38. The van der Waals surface area contributed by atoms with Crippen molar-refractivity contribution < 1.29 is 14.0 Å². The van der Waals surface area contributed by atoms with Crippen LogP contribution in [0.5, 0.6) is 11.5 Å². The fourth-order valence-corrected chi connectivity index (χ4v) is 3.44. The van der Waals surface area contributed by atoms with Crippen LogP contribution < -0.4 is 9.47 Å². The van der Waals surface area contributed by atoms with Crippen LogP contribution in [0.3, 0.4) is 0 Å². The van der Waals surface area contributed by atoms with Crippen molar-refractivity contribution in [2.24, 2.45) is 5.92 Å². The fourth-order valence-electron chi connectivity index (χ4n) is 3.44. The molecule has 1 atom stereocenters. The summed E-state index contributed by atoms with van der Waals surface area (Å²) in [7, 11) is 2.10. The molecule has 0 radical (unpaired) electrons. The molecule has 0 fully saturated rings. The highest BCUT2D eigenvalue weighted by Crippen LogP contribution is 2.33. The number of pyridine rings is 1. The number of hydrogen-bond donors (Lipinski definition) is 0. The molecule has 6 heteroatoms. The zero-order valence-corrected chi connectivity index (χ0v) is 15.6. The van der Waals surface area contributed by atoms with Crippen molar-refractivity contribution in [1.29, 1.82) is 0 Å². The van der Waals surface area contributed by atoms with E-state index in [1.807, 2.05) is 24.3 Å². The normalized spacial score (nSPS) is 13.9. The zero-order valence-electron chi connectivity index (χ0n) is 15.6. The van der Waals surface area contributed by atoms with E-state index in [0.717, 1.165) is 48.0 Å². The Bertz CT molecular complexity index is 895. The maximum atomic E-state index is 5.49. The van der Waals surface area contributed by atoms with Crippen LogP contribution in [0.2, 0.25) is 0 Å². The third-order valence-electron chi connectivity index (χ3n) is 4.59. The van der Waals surface area contributed by atoms with E-state index in [1.54, 1.807) is 12.4 Å². The van der Waals surface area contributed by atoms with Crippen molar-refractivity contribution in [1.82, 2.24) is 15.0 Å². The Morgan fingerprint density at radius 2 is 2.04 bits per heavy atom. The second-order valence-corrected chi connectivity index (χ2v) is 7.11. The largest absolute Gasteiger partial charge is 0.454 e. The first-order valence-electron chi connectivity index (χ1n) is 9.10. The van der Waals surface area contributed by atoms with E-state index < -0.39 is 0 Å². The zero-order chi connectivity index (χ0) is 18.6. The fraction of sp³-hybridized carbons (Fsp3) is 0.333. The van der Waals surface area contributed by atoms with Gasteiger partial charge in [0.2, 0.25) is 6.79 Å². The van der Waals surface area contributed by atoms with Crippen molar-refractivity contribution in [3.63, 3.8) is 0 Å². The van der Waals surface area contributed by atoms with Gasteiger partial charge in [-0.15, -0.1) is 0 Å². The minimum absolute atomic E-state index is 0.315. The molecule has 1 aliphatic heterocycles. The van der Waals surface area contributed by atoms with Crippen molar-refractivity contribution in [3.05, 3.63) is 60.1 Å². The molecule has 27 heavy (non-hydrogen) atoms. The van der Waals surface area contributed by atoms with E-state index in [4.69, 9.17) is 14.0 Å². The summed E-state index contributed by atoms with van der Waals surface area (Å²) in [5.74, 6) is 3.03. The van der Waals surface area contributed by atoms with Crippen LogP contribution in [0.25, 0.3) is 11.3 Å².